The van der Waals surface area contributed by atoms with Gasteiger partial charge in [-0.25, -0.2) is 0 Å². The van der Waals surface area contributed by atoms with Crippen LogP contribution < -0.4 is 35.3 Å². The summed E-state index contributed by atoms with van der Waals surface area (Å²) in [5, 5.41) is 2.89. The van der Waals surface area contributed by atoms with Gasteiger partial charge in [0, 0.05) is 0 Å². The van der Waals surface area contributed by atoms with Crippen LogP contribution in [0.4, 0.5) is 0 Å². The Kier molecular flexibility index (Phi) is 7.95. The van der Waals surface area contributed by atoms with Crippen molar-refractivity contribution >= 4 is 8.85 Å². The van der Waals surface area contributed by atoms with E-state index in [1.54, 1.807) is 8.85 Å². The van der Waals surface area contributed by atoms with Crippen LogP contribution in [-0.4, -0.2) is 0 Å². The third-order valence-corrected chi connectivity index (χ3v) is 8.66. The molecule has 3 heteroatoms. The number of hydrogen-bond donors (Lipinski definition) is 0. The fourth-order valence-corrected chi connectivity index (χ4v) is 6.97. The fraction of sp³-hybridized carbons (Fsp3) is 0.448. The van der Waals surface area contributed by atoms with Crippen LogP contribution in [0.1, 0.15) is 67.4 Å². The Bertz CT molecular complexity index is 1160. The number of rotatable bonds is 2. The van der Waals surface area contributed by atoms with Crippen molar-refractivity contribution in [3.8, 4) is 0 Å². The Labute approximate surface area is 222 Å². The zero-order chi connectivity index (χ0) is 22.1. The summed E-state index contributed by atoms with van der Waals surface area (Å²) in [5.41, 5.74) is 7.85. The first-order valence-electron chi connectivity index (χ1n) is 11.3. The minimum Gasteiger partial charge on any atom is -1.00 e. The van der Waals surface area contributed by atoms with Gasteiger partial charge in [0.05, 0.1) is 0 Å². The van der Waals surface area contributed by atoms with Crippen molar-refractivity contribution in [2.24, 2.45) is 16.7 Å². The van der Waals surface area contributed by atoms with E-state index in [2.05, 4.69) is 104 Å². The zero-order valence-electron chi connectivity index (χ0n) is 20.7. The molecule has 0 saturated carbocycles. The summed E-state index contributed by atoms with van der Waals surface area (Å²) in [5.74, 6) is 0.525. The van der Waals surface area contributed by atoms with Gasteiger partial charge in [-0.3, -0.25) is 0 Å². The van der Waals surface area contributed by atoms with Gasteiger partial charge in [0.15, 0.2) is 0 Å². The van der Waals surface area contributed by atoms with Gasteiger partial charge in [0.25, 0.3) is 0 Å². The second kappa shape index (κ2) is 9.20. The standard InChI is InChI=1S/C29H35.2ClH.Zr/c1-19(2)29(28(6,7)8)16-15-24-23-14-13-22(27(3,4)5)17-21(23)18-25(24)26(29)20-11-9-10-12-20;;;/h9-11,13-17,19H,12H2,1-8H3;2*1H;/q;;;+2/p-2. The number of hydrogen-bond acceptors (Lipinski definition) is 0. The van der Waals surface area contributed by atoms with Crippen molar-refractivity contribution in [1.82, 2.24) is 0 Å². The van der Waals surface area contributed by atoms with E-state index in [1.807, 2.05) is 0 Å². The van der Waals surface area contributed by atoms with Crippen LogP contribution >= 0.6 is 0 Å². The fourth-order valence-electron chi connectivity index (χ4n) is 5.83. The van der Waals surface area contributed by atoms with Crippen molar-refractivity contribution in [1.29, 1.82) is 0 Å². The zero-order valence-corrected chi connectivity index (χ0v) is 24.6. The van der Waals surface area contributed by atoms with E-state index in [9.17, 15) is 0 Å². The number of benzene rings is 1. The molecule has 0 N–H and O–H groups in total. The van der Waals surface area contributed by atoms with Gasteiger partial charge in [-0.1, -0.05) is 0 Å². The molecule has 169 valence electrons. The molecule has 0 amide bonds. The number of allylic oxidation sites excluding steroid dienone is 8. The third-order valence-electron chi connectivity index (χ3n) is 7.39. The van der Waals surface area contributed by atoms with Crippen molar-refractivity contribution in [2.75, 3.05) is 0 Å². The topological polar surface area (TPSA) is 0 Å². The molecule has 0 radical (unpaired) electrons. The molecule has 0 bridgehead atoms. The first kappa shape index (κ1) is 27.6. The summed E-state index contributed by atoms with van der Waals surface area (Å²) < 4.78 is 1.54. The van der Waals surface area contributed by atoms with Gasteiger partial charge in [0.2, 0.25) is 0 Å². The average molecular weight is 546 g/mol. The normalized spacial score (nSPS) is 22.0. The van der Waals surface area contributed by atoms with Gasteiger partial charge in [-0.2, -0.15) is 0 Å². The molecule has 4 rings (SSSR count). The molecule has 0 aliphatic heterocycles. The molecule has 1 aromatic rings. The molecule has 32 heavy (non-hydrogen) atoms. The molecule has 3 aliphatic carbocycles. The van der Waals surface area contributed by atoms with Gasteiger partial charge in [-0.15, -0.1) is 0 Å². The van der Waals surface area contributed by atoms with E-state index in [0.29, 0.717) is 5.92 Å². The van der Waals surface area contributed by atoms with E-state index in [1.165, 1.54) is 57.4 Å². The number of halogens is 2. The Balaban J connectivity index is 0.00000181. The first-order chi connectivity index (χ1) is 13.9. The third kappa shape index (κ3) is 4.06. The van der Waals surface area contributed by atoms with Crippen molar-refractivity contribution in [3.63, 3.8) is 0 Å². The number of fused-ring (bicyclic) bond motifs is 2. The van der Waals surface area contributed by atoms with Crippen LogP contribution in [-0.2, 0) is 30.1 Å². The maximum Gasteiger partial charge on any atom is -1.00 e. The summed E-state index contributed by atoms with van der Waals surface area (Å²) >= 11 is 1.52. The molecular weight excluding hydrogens is 510 g/mol. The second-order valence-corrected chi connectivity index (χ2v) is 12.7. The van der Waals surface area contributed by atoms with E-state index >= 15 is 0 Å². The maximum atomic E-state index is 2.56. The largest absolute Gasteiger partial charge is 1.00 e. The van der Waals surface area contributed by atoms with E-state index in [4.69, 9.17) is 0 Å². The van der Waals surface area contributed by atoms with Crippen LogP contribution in [0.2, 0.25) is 0 Å². The molecule has 1 aromatic carbocycles. The second-order valence-electron chi connectivity index (χ2n) is 11.5. The van der Waals surface area contributed by atoms with E-state index in [0.717, 1.165) is 6.42 Å². The molecule has 3 aliphatic rings. The Morgan fingerprint density at radius 1 is 0.969 bits per heavy atom. The Morgan fingerprint density at radius 2 is 1.62 bits per heavy atom. The van der Waals surface area contributed by atoms with Gasteiger partial charge in [-0.05, 0) is 0 Å². The Morgan fingerprint density at radius 3 is 2.12 bits per heavy atom. The van der Waals surface area contributed by atoms with Crippen LogP contribution in [0, 0.1) is 16.7 Å². The molecule has 0 heterocycles. The van der Waals surface area contributed by atoms with Crippen LogP contribution in [0.15, 0.2) is 65.3 Å². The van der Waals surface area contributed by atoms with Gasteiger partial charge in [0.1, 0.15) is 0 Å². The molecule has 0 fully saturated rings. The van der Waals surface area contributed by atoms with Gasteiger partial charge < -0.3 is 24.8 Å². The molecule has 0 spiro atoms. The molecule has 0 aromatic heterocycles. The summed E-state index contributed by atoms with van der Waals surface area (Å²) in [7, 11) is 0. The van der Waals surface area contributed by atoms with Gasteiger partial charge >= 0.3 is 199 Å². The molecule has 0 nitrogen and oxygen atoms in total. The first-order valence-corrected chi connectivity index (χ1v) is 12.5. The summed E-state index contributed by atoms with van der Waals surface area (Å²) in [6, 6.07) is 7.19. The van der Waals surface area contributed by atoms with E-state index in [-0.39, 0.29) is 41.1 Å². The van der Waals surface area contributed by atoms with Crippen LogP contribution in [0.5, 0.6) is 0 Å². The molecule has 0 saturated heterocycles. The minimum atomic E-state index is 0. The molecule has 1 unspecified atom stereocenters. The SMILES string of the molecule is CC(C)C1(C(C)(C)C)C=CC2=c3ccc(C(C)(C)C)cc3=[C]([Zr+2])C2=C1C1=CC=CC1.[Cl-].[Cl-]. The molecular formula is C29H35Cl2Zr. The van der Waals surface area contributed by atoms with Crippen molar-refractivity contribution in [3.05, 3.63) is 81.3 Å². The monoisotopic (exact) mass is 543 g/mol. The average Bonchev–Trinajstić information content (AvgIpc) is 3.26. The molecule has 1 atom stereocenters. The maximum absolute atomic E-state index is 2.56. The minimum absolute atomic E-state index is 0. The smallest absolute Gasteiger partial charge is 1.00 e. The summed E-state index contributed by atoms with van der Waals surface area (Å²) in [6.45, 7) is 19.0. The quantitative estimate of drug-likeness (QED) is 0.500. The predicted molar refractivity (Wildman–Crippen MR) is 126 cm³/mol. The van der Waals surface area contributed by atoms with Crippen molar-refractivity contribution < 1.29 is 49.5 Å². The summed E-state index contributed by atoms with van der Waals surface area (Å²) in [6.07, 6.45) is 13.0. The van der Waals surface area contributed by atoms with Crippen molar-refractivity contribution in [2.45, 2.75) is 67.2 Å². The summed E-state index contributed by atoms with van der Waals surface area (Å²) in [4.78, 5) is 0. The van der Waals surface area contributed by atoms with E-state index < -0.39 is 0 Å². The van der Waals surface area contributed by atoms with Crippen LogP contribution in [0.3, 0.4) is 0 Å². The van der Waals surface area contributed by atoms with Crippen LogP contribution in [0.25, 0.3) is 8.85 Å². The predicted octanol–water partition coefficient (Wildman–Crippen LogP) is 0.253. The Hall–Kier alpha value is -0.617.